The molecule has 1 N–H and O–H groups in total. The lowest BCUT2D eigenvalue weighted by atomic mass is 9.95. The van der Waals surface area contributed by atoms with Crippen LogP contribution in [0, 0.1) is 5.82 Å². The standard InChI is InChI=1S/C31H25FN2O2/c1-34-29-12-9-20(25-5-4-6-28-26(25)13-14-33-28)17-27(29)30(19-7-10-22(32)11-8-19)31(34)21-15-23(35-2)18-24(16-21)36-3/h4-18,33H,1-3H3. The van der Waals surface area contributed by atoms with Gasteiger partial charge in [0.15, 0.2) is 0 Å². The van der Waals surface area contributed by atoms with Crippen LogP contribution in [0.2, 0.25) is 0 Å². The maximum atomic E-state index is 13.9. The van der Waals surface area contributed by atoms with E-state index in [0.717, 1.165) is 49.9 Å². The van der Waals surface area contributed by atoms with Crippen molar-refractivity contribution >= 4 is 21.8 Å². The van der Waals surface area contributed by atoms with Crippen molar-refractivity contribution in [2.75, 3.05) is 14.2 Å². The van der Waals surface area contributed by atoms with Gasteiger partial charge in [-0.2, -0.15) is 0 Å². The smallest absolute Gasteiger partial charge is 0.123 e. The molecule has 0 aliphatic heterocycles. The second kappa shape index (κ2) is 8.61. The van der Waals surface area contributed by atoms with Gasteiger partial charge >= 0.3 is 0 Å². The summed E-state index contributed by atoms with van der Waals surface area (Å²) in [6, 6.07) is 27.5. The van der Waals surface area contributed by atoms with Crippen LogP contribution in [0.5, 0.6) is 11.5 Å². The molecule has 0 unspecified atom stereocenters. The minimum Gasteiger partial charge on any atom is -0.497 e. The summed E-state index contributed by atoms with van der Waals surface area (Å²) in [5.41, 5.74) is 8.40. The lowest BCUT2D eigenvalue weighted by Gasteiger charge is -2.12. The summed E-state index contributed by atoms with van der Waals surface area (Å²) in [6.45, 7) is 0. The number of aryl methyl sites for hydroxylation is 1. The van der Waals surface area contributed by atoms with Crippen LogP contribution < -0.4 is 9.47 Å². The summed E-state index contributed by atoms with van der Waals surface area (Å²) >= 11 is 0. The summed E-state index contributed by atoms with van der Waals surface area (Å²) in [5, 5.41) is 2.26. The first kappa shape index (κ1) is 22.0. The van der Waals surface area contributed by atoms with Crippen molar-refractivity contribution in [1.82, 2.24) is 9.55 Å². The van der Waals surface area contributed by atoms with E-state index in [-0.39, 0.29) is 5.82 Å². The molecule has 0 aliphatic rings. The van der Waals surface area contributed by atoms with Gasteiger partial charge in [-0.15, -0.1) is 0 Å². The van der Waals surface area contributed by atoms with E-state index in [1.54, 1.807) is 14.2 Å². The Bertz CT molecular complexity index is 1710. The van der Waals surface area contributed by atoms with E-state index in [1.165, 1.54) is 17.5 Å². The number of fused-ring (bicyclic) bond motifs is 2. The molecule has 0 spiro atoms. The topological polar surface area (TPSA) is 39.2 Å². The first-order valence-electron chi connectivity index (χ1n) is 11.8. The molecule has 6 rings (SSSR count). The van der Waals surface area contributed by atoms with Crippen molar-refractivity contribution in [3.8, 4) is 45.0 Å². The van der Waals surface area contributed by atoms with Crippen molar-refractivity contribution in [3.63, 3.8) is 0 Å². The van der Waals surface area contributed by atoms with Gasteiger partial charge in [0, 0.05) is 52.2 Å². The first-order chi connectivity index (χ1) is 17.6. The molecular weight excluding hydrogens is 451 g/mol. The van der Waals surface area contributed by atoms with Gasteiger partial charge in [-0.05, 0) is 65.2 Å². The number of benzene rings is 4. The van der Waals surface area contributed by atoms with Crippen LogP contribution >= 0.6 is 0 Å². The van der Waals surface area contributed by atoms with Gasteiger partial charge in [-0.1, -0.05) is 30.3 Å². The molecule has 0 radical (unpaired) electrons. The molecule has 36 heavy (non-hydrogen) atoms. The summed E-state index contributed by atoms with van der Waals surface area (Å²) in [6.07, 6.45) is 1.97. The van der Waals surface area contributed by atoms with E-state index in [9.17, 15) is 4.39 Å². The van der Waals surface area contributed by atoms with Gasteiger partial charge < -0.3 is 19.0 Å². The molecule has 5 heteroatoms. The van der Waals surface area contributed by atoms with E-state index in [0.29, 0.717) is 11.5 Å². The SMILES string of the molecule is COc1cc(OC)cc(-c2c(-c3ccc(F)cc3)c3cc(-c4cccc5[nH]ccc45)ccc3n2C)c1. The number of H-pyrrole nitrogens is 1. The summed E-state index contributed by atoms with van der Waals surface area (Å²) < 4.78 is 27.2. The van der Waals surface area contributed by atoms with E-state index < -0.39 is 0 Å². The minimum atomic E-state index is -0.261. The maximum Gasteiger partial charge on any atom is 0.123 e. The molecule has 178 valence electrons. The lowest BCUT2D eigenvalue weighted by molar-refractivity contribution is 0.394. The van der Waals surface area contributed by atoms with Crippen LogP contribution in [0.4, 0.5) is 4.39 Å². The average Bonchev–Trinajstić information content (AvgIpc) is 3.51. The molecule has 2 heterocycles. The number of nitrogens with one attached hydrogen (secondary N) is 1. The third kappa shape index (κ3) is 3.52. The molecule has 0 bridgehead atoms. The summed E-state index contributed by atoms with van der Waals surface area (Å²) in [5.74, 6) is 1.15. The molecule has 0 aliphatic carbocycles. The van der Waals surface area contributed by atoms with E-state index in [2.05, 4.69) is 59.1 Å². The number of hydrogen-bond donors (Lipinski definition) is 1. The number of halogens is 1. The van der Waals surface area contributed by atoms with Crippen LogP contribution in [0.25, 0.3) is 55.3 Å². The Hall–Kier alpha value is -4.51. The van der Waals surface area contributed by atoms with Gasteiger partial charge in [0.05, 0.1) is 19.9 Å². The summed E-state index contributed by atoms with van der Waals surface area (Å²) in [4.78, 5) is 3.30. The van der Waals surface area contributed by atoms with Crippen LogP contribution in [-0.4, -0.2) is 23.8 Å². The zero-order valence-corrected chi connectivity index (χ0v) is 20.3. The zero-order chi connectivity index (χ0) is 24.8. The molecule has 0 atom stereocenters. The van der Waals surface area contributed by atoms with Crippen molar-refractivity contribution in [2.45, 2.75) is 0 Å². The Labute approximate surface area is 208 Å². The second-order valence-corrected chi connectivity index (χ2v) is 8.87. The maximum absolute atomic E-state index is 13.9. The van der Waals surface area contributed by atoms with Crippen LogP contribution in [0.15, 0.2) is 91.1 Å². The van der Waals surface area contributed by atoms with Crippen molar-refractivity contribution in [3.05, 3.63) is 96.9 Å². The van der Waals surface area contributed by atoms with Crippen LogP contribution in [0.1, 0.15) is 0 Å². The third-order valence-corrected chi connectivity index (χ3v) is 6.86. The normalized spacial score (nSPS) is 11.3. The number of ether oxygens (including phenoxy) is 2. The first-order valence-corrected chi connectivity index (χ1v) is 11.8. The highest BCUT2D eigenvalue weighted by molar-refractivity contribution is 6.07. The molecule has 4 nitrogen and oxygen atoms in total. The van der Waals surface area contributed by atoms with Crippen LogP contribution in [-0.2, 0) is 7.05 Å². The van der Waals surface area contributed by atoms with E-state index >= 15 is 0 Å². The Balaban J connectivity index is 1.68. The Morgan fingerprint density at radius 1 is 0.722 bits per heavy atom. The van der Waals surface area contributed by atoms with Crippen molar-refractivity contribution in [1.29, 1.82) is 0 Å². The molecule has 0 amide bonds. The van der Waals surface area contributed by atoms with Gasteiger partial charge in [0.1, 0.15) is 17.3 Å². The predicted molar refractivity (Wildman–Crippen MR) is 144 cm³/mol. The number of hydrogen-bond acceptors (Lipinski definition) is 2. The van der Waals surface area contributed by atoms with Gasteiger partial charge in [0.2, 0.25) is 0 Å². The van der Waals surface area contributed by atoms with Gasteiger partial charge in [-0.25, -0.2) is 4.39 Å². The Morgan fingerprint density at radius 3 is 2.17 bits per heavy atom. The fraction of sp³-hybridized carbons (Fsp3) is 0.0968. The molecule has 0 saturated heterocycles. The van der Waals surface area contributed by atoms with E-state index in [4.69, 9.17) is 9.47 Å². The van der Waals surface area contributed by atoms with Gasteiger partial charge in [-0.3, -0.25) is 0 Å². The molecule has 0 saturated carbocycles. The largest absolute Gasteiger partial charge is 0.497 e. The quantitative estimate of drug-likeness (QED) is 0.276. The van der Waals surface area contributed by atoms with Crippen molar-refractivity contribution < 1.29 is 13.9 Å². The number of nitrogens with zero attached hydrogens (tertiary/aromatic N) is 1. The van der Waals surface area contributed by atoms with Gasteiger partial charge in [0.25, 0.3) is 0 Å². The predicted octanol–water partition coefficient (Wildman–Crippen LogP) is 7.82. The highest BCUT2D eigenvalue weighted by Gasteiger charge is 2.21. The second-order valence-electron chi connectivity index (χ2n) is 8.87. The number of aromatic nitrogens is 2. The number of rotatable bonds is 5. The highest BCUT2D eigenvalue weighted by atomic mass is 19.1. The molecule has 6 aromatic rings. The van der Waals surface area contributed by atoms with Crippen molar-refractivity contribution in [2.24, 2.45) is 7.05 Å². The highest BCUT2D eigenvalue weighted by Crippen LogP contribution is 2.44. The Morgan fingerprint density at radius 2 is 1.44 bits per heavy atom. The lowest BCUT2D eigenvalue weighted by Crippen LogP contribution is -1.95. The molecule has 0 fully saturated rings. The molecule has 4 aromatic carbocycles. The molecular formula is C31H25FN2O2. The zero-order valence-electron chi connectivity index (χ0n) is 20.3. The average molecular weight is 477 g/mol. The summed E-state index contributed by atoms with van der Waals surface area (Å²) in [7, 11) is 5.35. The monoisotopic (exact) mass is 476 g/mol. The fourth-order valence-corrected chi connectivity index (χ4v) is 5.14. The van der Waals surface area contributed by atoms with E-state index in [1.807, 2.05) is 36.5 Å². The molecule has 2 aromatic heterocycles. The number of aromatic amines is 1. The Kier molecular flexibility index (Phi) is 5.26. The fourth-order valence-electron chi connectivity index (χ4n) is 5.14. The van der Waals surface area contributed by atoms with Crippen LogP contribution in [0.3, 0.4) is 0 Å². The minimum absolute atomic E-state index is 0.261. The number of methoxy groups -OCH3 is 2. The third-order valence-electron chi connectivity index (χ3n) is 6.86.